The lowest BCUT2D eigenvalue weighted by molar-refractivity contribution is -0.384. The van der Waals surface area contributed by atoms with E-state index in [9.17, 15) is 86.2 Å². The smallest absolute Gasteiger partial charge is 0.217 e. The predicted octanol–water partition coefficient (Wildman–Crippen LogP) is -11.6. The van der Waals surface area contributed by atoms with Crippen molar-refractivity contribution in [3.8, 4) is 0 Å². The zero-order valence-electron chi connectivity index (χ0n) is 33.2. The van der Waals surface area contributed by atoms with Crippen molar-refractivity contribution in [1.29, 1.82) is 0 Å². The van der Waals surface area contributed by atoms with Gasteiger partial charge in [0.05, 0.1) is 33.0 Å². The molecule has 28 heteroatoms. The minimum absolute atomic E-state index is 0.726. The Bertz CT molecular complexity index is 1440. The number of hydrogen-bond acceptors (Lipinski definition) is 26. The molecule has 5 fully saturated rings. The van der Waals surface area contributed by atoms with E-state index in [-0.39, 0.29) is 0 Å². The van der Waals surface area contributed by atoms with Gasteiger partial charge in [0.15, 0.2) is 31.5 Å². The minimum Gasteiger partial charge on any atom is -0.394 e. The summed E-state index contributed by atoms with van der Waals surface area (Å²) in [4.78, 5) is 24.4. The van der Waals surface area contributed by atoms with Crippen LogP contribution in [-0.2, 0) is 52.2 Å². The molecule has 28 nitrogen and oxygen atoms in total. The lowest BCUT2D eigenvalue weighted by atomic mass is 9.94. The zero-order valence-corrected chi connectivity index (χ0v) is 33.2. The number of nitrogens with one attached hydrogen (secondary N) is 2. The Morgan fingerprint density at radius 3 is 1.15 bits per heavy atom. The third-order valence-corrected chi connectivity index (χ3v) is 11.1. The molecule has 0 aromatic carbocycles. The molecule has 0 aromatic heterocycles. The van der Waals surface area contributed by atoms with Crippen LogP contribution >= 0.6 is 0 Å². The quantitative estimate of drug-likeness (QED) is 0.0725. The summed E-state index contributed by atoms with van der Waals surface area (Å²) in [6.45, 7) is -2.53. The highest BCUT2D eigenvalue weighted by Crippen LogP contribution is 2.35. The monoisotopic (exact) mass is 910 g/mol. The highest BCUT2D eigenvalue weighted by molar-refractivity contribution is 5.73. The summed E-state index contributed by atoms with van der Waals surface area (Å²) in [5.74, 6) is -1.55. The Morgan fingerprint density at radius 1 is 0.387 bits per heavy atom. The van der Waals surface area contributed by atoms with Crippen molar-refractivity contribution in [3.63, 3.8) is 0 Å². The summed E-state index contributed by atoms with van der Waals surface area (Å²) in [6.07, 6.45) is -42.2. The Labute approximate surface area is 351 Å². The van der Waals surface area contributed by atoms with E-state index in [4.69, 9.17) is 42.6 Å². The molecule has 360 valence electrons. The molecule has 5 aliphatic rings. The molecule has 62 heavy (non-hydrogen) atoms. The van der Waals surface area contributed by atoms with E-state index in [0.717, 1.165) is 13.8 Å². The van der Waals surface area contributed by atoms with Crippen molar-refractivity contribution in [3.05, 3.63) is 0 Å². The lowest BCUT2D eigenvalue weighted by Gasteiger charge is -2.50. The number of aliphatic hydroxyl groups is 15. The maximum Gasteiger partial charge on any atom is 0.217 e. The third-order valence-electron chi connectivity index (χ3n) is 11.1. The highest BCUT2D eigenvalue weighted by atomic mass is 16.8. The SMILES string of the molecule is CC(=O)N[C@H]1[C@H](O[C@H]2[C@@H](O)[C@@H](CO)O[C@@H](O[C@H]3[C@H](O)[C@@H](O)[C@@H](O)O[C@@H]3CO)[C@@H]2O)O[C@H](CO)[C@@H](O[C@@H]2O[C@H](CO)[C@H](O)[C@@H](O[C@H]3O[C@H](CO)[C@H](O)[C@H](O)[C@H]3NC(C)=O)[C@H]2O)[C@@H]1O. The second-order valence-electron chi connectivity index (χ2n) is 15.4. The molecule has 5 saturated heterocycles. The fourth-order valence-corrected chi connectivity index (χ4v) is 7.83. The molecule has 0 spiro atoms. The summed E-state index contributed by atoms with van der Waals surface area (Å²) in [7, 11) is 0. The van der Waals surface area contributed by atoms with Crippen LogP contribution in [-0.4, -0.2) is 275 Å². The molecule has 0 unspecified atom stereocenters. The first-order valence-corrected chi connectivity index (χ1v) is 19.6. The maximum absolute atomic E-state index is 12.5. The van der Waals surface area contributed by atoms with Gasteiger partial charge in [0.25, 0.3) is 0 Å². The molecule has 0 saturated carbocycles. The summed E-state index contributed by atoms with van der Waals surface area (Å²) in [6, 6.07) is -3.28. The van der Waals surface area contributed by atoms with Crippen molar-refractivity contribution < 1.29 is 129 Å². The molecule has 5 aliphatic heterocycles. The predicted molar refractivity (Wildman–Crippen MR) is 190 cm³/mol. The van der Waals surface area contributed by atoms with Crippen LogP contribution in [0.5, 0.6) is 0 Å². The fraction of sp³-hybridized carbons (Fsp3) is 0.941. The molecule has 0 radical (unpaired) electrons. The van der Waals surface area contributed by atoms with E-state index >= 15 is 0 Å². The van der Waals surface area contributed by atoms with Crippen LogP contribution in [0.2, 0.25) is 0 Å². The molecule has 0 bridgehead atoms. The largest absolute Gasteiger partial charge is 0.394 e. The first-order valence-electron chi connectivity index (χ1n) is 19.6. The van der Waals surface area contributed by atoms with Crippen LogP contribution in [0, 0.1) is 0 Å². The second kappa shape index (κ2) is 22.0. The normalized spacial score (nSPS) is 49.0. The van der Waals surface area contributed by atoms with Crippen LogP contribution < -0.4 is 10.6 Å². The fourth-order valence-electron chi connectivity index (χ4n) is 7.83. The summed E-state index contributed by atoms with van der Waals surface area (Å²) < 4.78 is 50.7. The van der Waals surface area contributed by atoms with Gasteiger partial charge < -0.3 is 130 Å². The molecular weight excluding hydrogens is 852 g/mol. The Balaban J connectivity index is 1.37. The number of aliphatic hydroxyl groups excluding tert-OH is 15. The first kappa shape index (κ1) is 51.0. The van der Waals surface area contributed by atoms with Crippen LogP contribution in [0.3, 0.4) is 0 Å². The van der Waals surface area contributed by atoms with Gasteiger partial charge in [-0.25, -0.2) is 0 Å². The van der Waals surface area contributed by atoms with Gasteiger partial charge in [-0.15, -0.1) is 0 Å². The molecule has 5 rings (SSSR count). The summed E-state index contributed by atoms with van der Waals surface area (Å²) >= 11 is 0. The molecule has 0 aliphatic carbocycles. The summed E-state index contributed by atoms with van der Waals surface area (Å²) in [5, 5.41) is 163. The molecule has 17 N–H and O–H groups in total. The summed E-state index contributed by atoms with van der Waals surface area (Å²) in [5.41, 5.74) is 0. The van der Waals surface area contributed by atoms with Gasteiger partial charge in [-0.3, -0.25) is 9.59 Å². The van der Waals surface area contributed by atoms with Gasteiger partial charge in [0, 0.05) is 13.8 Å². The van der Waals surface area contributed by atoms with Gasteiger partial charge >= 0.3 is 0 Å². The van der Waals surface area contributed by atoms with Crippen LogP contribution in [0.15, 0.2) is 0 Å². The van der Waals surface area contributed by atoms with Crippen molar-refractivity contribution in [2.75, 3.05) is 33.0 Å². The highest BCUT2D eigenvalue weighted by Gasteiger charge is 2.57. The van der Waals surface area contributed by atoms with Gasteiger partial charge in [-0.05, 0) is 0 Å². The minimum atomic E-state index is -2.10. The Kier molecular flexibility index (Phi) is 18.1. The van der Waals surface area contributed by atoms with E-state index in [1.807, 2.05) is 0 Å². The number of ether oxygens (including phenoxy) is 9. The zero-order chi connectivity index (χ0) is 45.9. The number of carbonyl (C=O) groups excluding carboxylic acids is 2. The Morgan fingerprint density at radius 2 is 0.726 bits per heavy atom. The number of carbonyl (C=O) groups is 2. The molecular formula is C34H58N2O26. The van der Waals surface area contributed by atoms with Crippen molar-refractivity contribution >= 4 is 11.8 Å². The van der Waals surface area contributed by atoms with Crippen molar-refractivity contribution in [2.45, 2.75) is 167 Å². The van der Waals surface area contributed by atoms with Crippen LogP contribution in [0.4, 0.5) is 0 Å². The topological polar surface area (TPSA) is 445 Å². The van der Waals surface area contributed by atoms with Crippen LogP contribution in [0.1, 0.15) is 13.8 Å². The van der Waals surface area contributed by atoms with E-state index < -0.39 is 198 Å². The van der Waals surface area contributed by atoms with E-state index in [2.05, 4.69) is 10.6 Å². The van der Waals surface area contributed by atoms with Crippen molar-refractivity contribution in [1.82, 2.24) is 10.6 Å². The average molecular weight is 911 g/mol. The number of rotatable bonds is 15. The van der Waals surface area contributed by atoms with Crippen molar-refractivity contribution in [2.24, 2.45) is 0 Å². The molecule has 5 heterocycles. The maximum atomic E-state index is 12.5. The van der Waals surface area contributed by atoms with E-state index in [1.54, 1.807) is 0 Å². The molecule has 0 aromatic rings. The van der Waals surface area contributed by atoms with Crippen LogP contribution in [0.25, 0.3) is 0 Å². The van der Waals surface area contributed by atoms with Gasteiger partial charge in [0.1, 0.15) is 122 Å². The Hall–Kier alpha value is -2.02. The second-order valence-corrected chi connectivity index (χ2v) is 15.4. The van der Waals surface area contributed by atoms with E-state index in [1.165, 1.54) is 0 Å². The number of hydrogen-bond donors (Lipinski definition) is 17. The van der Waals surface area contributed by atoms with E-state index in [0.29, 0.717) is 0 Å². The average Bonchev–Trinajstić information content (AvgIpc) is 3.23. The first-order chi connectivity index (χ1) is 29.3. The molecule has 25 atom stereocenters. The van der Waals surface area contributed by atoms with Gasteiger partial charge in [-0.2, -0.15) is 0 Å². The van der Waals surface area contributed by atoms with Gasteiger partial charge in [-0.1, -0.05) is 0 Å². The standard InChI is InChI=1S/C34H58N2O26/c1-8(42)35-15-20(47)17(44)10(3-37)55-31(15)61-28-18(45)11(4-38)56-33(24(28)51)59-26-14(7-41)58-32(16(21(26)48)36-9(2)43)62-29-19(46)12(5-39)57-34(25(29)52)60-27-13(6-40)54-30(53)23(50)22(27)49/h10-34,37-41,44-53H,3-7H2,1-2H3,(H,35,42)(H,36,43)/t10-,11-,12-,13-,14-,15-,16-,17+,18+,19+,20-,21-,22-,23-,24-,25-,26-,27-,28-,29+,30+,31-,32+,33+,34+/m1/s1. The van der Waals surface area contributed by atoms with Gasteiger partial charge in [0.2, 0.25) is 11.8 Å². The number of amides is 2. The third kappa shape index (κ3) is 10.8. The molecule has 2 amide bonds. The lowest BCUT2D eigenvalue weighted by Crippen LogP contribution is -2.70.